The third kappa shape index (κ3) is 2.61. The van der Waals surface area contributed by atoms with E-state index in [2.05, 4.69) is 9.97 Å². The molecule has 0 aliphatic rings. The molecule has 2 heterocycles. The van der Waals surface area contributed by atoms with Crippen molar-refractivity contribution in [2.24, 2.45) is 0 Å². The summed E-state index contributed by atoms with van der Waals surface area (Å²) in [5, 5.41) is 0.555. The van der Waals surface area contributed by atoms with Gasteiger partial charge in [0.1, 0.15) is 22.9 Å². The molecule has 3 nitrogen and oxygen atoms in total. The van der Waals surface area contributed by atoms with Gasteiger partial charge in [0.15, 0.2) is 0 Å². The Hall–Kier alpha value is -2.53. The zero-order chi connectivity index (χ0) is 16.5. The van der Waals surface area contributed by atoms with Crippen LogP contribution >= 0.6 is 11.3 Å². The van der Waals surface area contributed by atoms with Gasteiger partial charge in [0.2, 0.25) is 5.88 Å². The van der Waals surface area contributed by atoms with Crippen LogP contribution in [0.25, 0.3) is 20.3 Å². The number of rotatable bonds is 4. The minimum Gasteiger partial charge on any atom is -0.472 e. The molecule has 0 amide bonds. The van der Waals surface area contributed by atoms with E-state index in [0.29, 0.717) is 35.6 Å². The van der Waals surface area contributed by atoms with E-state index in [4.69, 9.17) is 4.74 Å². The molecule has 2 aromatic carbocycles. The second kappa shape index (κ2) is 6.17. The van der Waals surface area contributed by atoms with Gasteiger partial charge in [-0.1, -0.05) is 43.3 Å². The summed E-state index contributed by atoms with van der Waals surface area (Å²) < 4.78 is 21.9. The average Bonchev–Trinajstić information content (AvgIpc) is 3.00. The number of benzene rings is 2. The Morgan fingerprint density at radius 3 is 2.67 bits per heavy atom. The SMILES string of the molecule is CCc1nc(OCc2ccccc2)c2sc3cccc(F)c3c2n1. The molecule has 5 heteroatoms. The first kappa shape index (κ1) is 15.0. The number of fused-ring (bicyclic) bond motifs is 3. The van der Waals surface area contributed by atoms with Gasteiger partial charge in [0, 0.05) is 11.1 Å². The first-order chi connectivity index (χ1) is 11.8. The van der Waals surface area contributed by atoms with Gasteiger partial charge in [0.05, 0.1) is 10.9 Å². The number of aromatic nitrogens is 2. The van der Waals surface area contributed by atoms with Gasteiger partial charge in [-0.15, -0.1) is 11.3 Å². The summed E-state index contributed by atoms with van der Waals surface area (Å²) in [6, 6.07) is 15.0. The molecule has 0 atom stereocenters. The summed E-state index contributed by atoms with van der Waals surface area (Å²) in [6.45, 7) is 2.40. The number of nitrogens with zero attached hydrogens (tertiary/aromatic N) is 2. The van der Waals surface area contributed by atoms with Gasteiger partial charge in [-0.05, 0) is 17.7 Å². The first-order valence-electron chi connectivity index (χ1n) is 7.80. The molecule has 0 N–H and O–H groups in total. The van der Waals surface area contributed by atoms with Crippen molar-refractivity contribution in [3.8, 4) is 5.88 Å². The predicted molar refractivity (Wildman–Crippen MR) is 95.0 cm³/mol. The van der Waals surface area contributed by atoms with Crippen molar-refractivity contribution in [2.75, 3.05) is 0 Å². The lowest BCUT2D eigenvalue weighted by Gasteiger charge is -2.07. The smallest absolute Gasteiger partial charge is 0.235 e. The normalized spacial score (nSPS) is 11.2. The lowest BCUT2D eigenvalue weighted by molar-refractivity contribution is 0.297. The molecule has 24 heavy (non-hydrogen) atoms. The molecule has 0 aliphatic carbocycles. The van der Waals surface area contributed by atoms with E-state index < -0.39 is 0 Å². The van der Waals surface area contributed by atoms with Crippen molar-refractivity contribution in [1.82, 2.24) is 9.97 Å². The van der Waals surface area contributed by atoms with Gasteiger partial charge in [-0.25, -0.2) is 9.37 Å². The zero-order valence-electron chi connectivity index (χ0n) is 13.1. The van der Waals surface area contributed by atoms with Crippen LogP contribution in [0.2, 0.25) is 0 Å². The molecule has 120 valence electrons. The minimum atomic E-state index is -0.256. The molecule has 2 aromatic heterocycles. The highest BCUT2D eigenvalue weighted by atomic mass is 32.1. The third-order valence-corrected chi connectivity index (χ3v) is 4.97. The van der Waals surface area contributed by atoms with Gasteiger partial charge in [-0.3, -0.25) is 0 Å². The Kier molecular flexibility index (Phi) is 3.86. The van der Waals surface area contributed by atoms with Gasteiger partial charge < -0.3 is 4.74 Å². The summed E-state index contributed by atoms with van der Waals surface area (Å²) in [5.74, 6) is 0.934. The van der Waals surface area contributed by atoms with Crippen molar-refractivity contribution in [3.63, 3.8) is 0 Å². The summed E-state index contributed by atoms with van der Waals surface area (Å²) in [7, 11) is 0. The quantitative estimate of drug-likeness (QED) is 0.518. The molecule has 0 saturated heterocycles. The van der Waals surface area contributed by atoms with Crippen molar-refractivity contribution in [2.45, 2.75) is 20.0 Å². The fourth-order valence-electron chi connectivity index (χ4n) is 2.65. The summed E-state index contributed by atoms with van der Waals surface area (Å²) in [5.41, 5.74) is 1.71. The van der Waals surface area contributed by atoms with E-state index in [0.717, 1.165) is 15.0 Å². The topological polar surface area (TPSA) is 35.0 Å². The Morgan fingerprint density at radius 1 is 1.04 bits per heavy atom. The zero-order valence-corrected chi connectivity index (χ0v) is 13.9. The Labute approximate surface area is 142 Å². The van der Waals surface area contributed by atoms with Crippen LogP contribution in [0.5, 0.6) is 5.88 Å². The largest absolute Gasteiger partial charge is 0.472 e. The maximum absolute atomic E-state index is 14.3. The molecule has 0 spiro atoms. The second-order valence-electron chi connectivity index (χ2n) is 5.47. The number of aryl methyl sites for hydroxylation is 1. The molecule has 0 bridgehead atoms. The van der Waals surface area contributed by atoms with E-state index in [-0.39, 0.29) is 5.82 Å². The molecule has 4 aromatic rings. The van der Waals surface area contributed by atoms with Crippen LogP contribution in [0.1, 0.15) is 18.3 Å². The molecule has 0 radical (unpaired) electrons. The Bertz CT molecular complexity index is 1010. The predicted octanol–water partition coefficient (Wildman–Crippen LogP) is 5.13. The van der Waals surface area contributed by atoms with Crippen LogP contribution < -0.4 is 4.74 Å². The van der Waals surface area contributed by atoms with Gasteiger partial charge in [0.25, 0.3) is 0 Å². The molecule has 0 saturated carbocycles. The Morgan fingerprint density at radius 2 is 1.88 bits per heavy atom. The summed E-state index contributed by atoms with van der Waals surface area (Å²) in [4.78, 5) is 9.05. The maximum Gasteiger partial charge on any atom is 0.235 e. The molecule has 0 unspecified atom stereocenters. The number of ether oxygens (including phenoxy) is 1. The third-order valence-electron chi connectivity index (χ3n) is 3.84. The fraction of sp³-hybridized carbons (Fsp3) is 0.158. The van der Waals surface area contributed by atoms with Crippen molar-refractivity contribution < 1.29 is 9.13 Å². The highest BCUT2D eigenvalue weighted by Gasteiger charge is 2.17. The lowest BCUT2D eigenvalue weighted by atomic mass is 10.2. The number of hydrogen-bond acceptors (Lipinski definition) is 4. The van der Waals surface area contributed by atoms with Crippen molar-refractivity contribution in [3.05, 3.63) is 65.7 Å². The molecular weight excluding hydrogens is 323 g/mol. The van der Waals surface area contributed by atoms with Gasteiger partial charge >= 0.3 is 0 Å². The monoisotopic (exact) mass is 338 g/mol. The first-order valence-corrected chi connectivity index (χ1v) is 8.62. The molecule has 0 fully saturated rings. The lowest BCUT2D eigenvalue weighted by Crippen LogP contribution is -2.01. The summed E-state index contributed by atoms with van der Waals surface area (Å²) >= 11 is 1.47. The molecule has 4 rings (SSSR count). The maximum atomic E-state index is 14.3. The highest BCUT2D eigenvalue weighted by molar-refractivity contribution is 7.26. The van der Waals surface area contributed by atoms with Gasteiger partial charge in [-0.2, -0.15) is 4.98 Å². The second-order valence-corrected chi connectivity index (χ2v) is 6.52. The van der Waals surface area contributed by atoms with Crippen LogP contribution in [-0.4, -0.2) is 9.97 Å². The van der Waals surface area contributed by atoms with Crippen LogP contribution in [0, 0.1) is 5.82 Å². The van der Waals surface area contributed by atoms with E-state index in [9.17, 15) is 4.39 Å². The van der Waals surface area contributed by atoms with Crippen LogP contribution in [0.3, 0.4) is 0 Å². The van der Waals surface area contributed by atoms with Crippen molar-refractivity contribution >= 4 is 31.6 Å². The number of thiophene rings is 1. The van der Waals surface area contributed by atoms with E-state index in [1.807, 2.05) is 43.3 Å². The minimum absolute atomic E-state index is 0.256. The summed E-state index contributed by atoms with van der Waals surface area (Å²) in [6.07, 6.45) is 0.670. The van der Waals surface area contributed by atoms with Crippen LogP contribution in [-0.2, 0) is 13.0 Å². The van der Waals surface area contributed by atoms with E-state index in [1.54, 1.807) is 6.07 Å². The average molecular weight is 338 g/mol. The van der Waals surface area contributed by atoms with Crippen LogP contribution in [0.4, 0.5) is 4.39 Å². The highest BCUT2D eigenvalue weighted by Crippen LogP contribution is 2.38. The van der Waals surface area contributed by atoms with E-state index >= 15 is 0 Å². The molecule has 0 aliphatic heterocycles. The van der Waals surface area contributed by atoms with Crippen LogP contribution in [0.15, 0.2) is 48.5 Å². The number of halogens is 1. The molecular formula is C19H15FN2OS. The standard InChI is InChI=1S/C19H15FN2OS/c1-2-15-21-17-16-13(20)9-6-10-14(16)24-18(17)19(22-15)23-11-12-7-4-3-5-8-12/h3-10H,2,11H2,1H3. The fourth-order valence-corrected chi connectivity index (χ4v) is 3.75. The van der Waals surface area contributed by atoms with Crippen molar-refractivity contribution in [1.29, 1.82) is 0 Å². The number of hydrogen-bond donors (Lipinski definition) is 0. The van der Waals surface area contributed by atoms with E-state index in [1.165, 1.54) is 17.4 Å². The Balaban J connectivity index is 1.84.